The van der Waals surface area contributed by atoms with E-state index in [2.05, 4.69) is 9.97 Å². The molecule has 3 aromatic rings. The van der Waals surface area contributed by atoms with Crippen molar-refractivity contribution in [1.29, 1.82) is 0 Å². The Bertz CT molecular complexity index is 1250. The number of aromatic amines is 2. The van der Waals surface area contributed by atoms with E-state index in [1.807, 2.05) is 0 Å². The SMILES string of the molecule is COCCO[C@H](CO)CSc1c(-c2cc(Cl)c(F)cc2F)c(C)cc2c(=O)[nH]c(=O)[nH]c12. The monoisotopic (exact) mass is 486 g/mol. The van der Waals surface area contributed by atoms with Crippen molar-refractivity contribution in [3.8, 4) is 11.1 Å². The lowest BCUT2D eigenvalue weighted by Gasteiger charge is -2.19. The minimum atomic E-state index is -0.905. The molecular formula is C21H21ClF2N2O5S. The molecule has 0 aliphatic rings. The first-order valence-electron chi connectivity index (χ1n) is 9.55. The summed E-state index contributed by atoms with van der Waals surface area (Å²) >= 11 is 7.06. The van der Waals surface area contributed by atoms with Gasteiger partial charge in [0.2, 0.25) is 0 Å². The van der Waals surface area contributed by atoms with Crippen LogP contribution in [0.2, 0.25) is 5.02 Å². The Labute approximate surface area is 190 Å². The first-order chi connectivity index (χ1) is 15.3. The van der Waals surface area contributed by atoms with Crippen molar-refractivity contribution in [2.45, 2.75) is 17.9 Å². The van der Waals surface area contributed by atoms with Crippen LogP contribution in [-0.2, 0) is 9.47 Å². The Balaban J connectivity index is 2.19. The van der Waals surface area contributed by atoms with E-state index in [-0.39, 0.29) is 40.5 Å². The Morgan fingerprint density at radius 2 is 1.91 bits per heavy atom. The van der Waals surface area contributed by atoms with Crippen molar-refractivity contribution in [1.82, 2.24) is 9.97 Å². The molecule has 0 aliphatic heterocycles. The highest BCUT2D eigenvalue weighted by atomic mass is 35.5. The number of rotatable bonds is 9. The van der Waals surface area contributed by atoms with Gasteiger partial charge in [-0.3, -0.25) is 9.78 Å². The van der Waals surface area contributed by atoms with E-state index in [4.69, 9.17) is 21.1 Å². The molecule has 1 aromatic heterocycles. The van der Waals surface area contributed by atoms with Gasteiger partial charge in [-0.05, 0) is 24.6 Å². The molecule has 2 aromatic carbocycles. The zero-order chi connectivity index (χ0) is 23.4. The van der Waals surface area contributed by atoms with Crippen LogP contribution in [-0.4, -0.2) is 53.9 Å². The van der Waals surface area contributed by atoms with Crippen molar-refractivity contribution >= 4 is 34.3 Å². The van der Waals surface area contributed by atoms with E-state index >= 15 is 0 Å². The van der Waals surface area contributed by atoms with Gasteiger partial charge in [0.05, 0.1) is 41.9 Å². The Kier molecular flexibility index (Phi) is 8.07. The fourth-order valence-electron chi connectivity index (χ4n) is 3.23. The summed E-state index contributed by atoms with van der Waals surface area (Å²) in [6.07, 6.45) is -0.589. The molecule has 3 N–H and O–H groups in total. The van der Waals surface area contributed by atoms with Crippen LogP contribution in [0.15, 0.2) is 32.7 Å². The number of methoxy groups -OCH3 is 1. The van der Waals surface area contributed by atoms with Crippen molar-refractivity contribution < 1.29 is 23.4 Å². The van der Waals surface area contributed by atoms with Crippen LogP contribution in [0, 0.1) is 18.6 Å². The maximum absolute atomic E-state index is 14.8. The zero-order valence-corrected chi connectivity index (χ0v) is 18.8. The minimum absolute atomic E-state index is 0.0141. The van der Waals surface area contributed by atoms with E-state index in [9.17, 15) is 23.5 Å². The molecule has 0 spiro atoms. The quantitative estimate of drug-likeness (QED) is 0.244. The Hall–Kier alpha value is -2.24. The second-order valence-electron chi connectivity index (χ2n) is 6.95. The number of aliphatic hydroxyl groups is 1. The lowest BCUT2D eigenvalue weighted by Crippen LogP contribution is -2.24. The van der Waals surface area contributed by atoms with Crippen LogP contribution < -0.4 is 11.2 Å². The number of nitrogens with one attached hydrogen (secondary N) is 2. The molecular weight excluding hydrogens is 466 g/mol. The van der Waals surface area contributed by atoms with Gasteiger partial charge in [-0.2, -0.15) is 0 Å². The molecule has 0 fully saturated rings. The zero-order valence-electron chi connectivity index (χ0n) is 17.3. The van der Waals surface area contributed by atoms with Gasteiger partial charge < -0.3 is 19.6 Å². The summed E-state index contributed by atoms with van der Waals surface area (Å²) in [5.41, 5.74) is -0.269. The highest BCUT2D eigenvalue weighted by molar-refractivity contribution is 7.99. The molecule has 0 amide bonds. The smallest absolute Gasteiger partial charge is 0.326 e. The number of fused-ring (bicyclic) bond motifs is 1. The third-order valence-electron chi connectivity index (χ3n) is 4.73. The molecule has 7 nitrogen and oxygen atoms in total. The van der Waals surface area contributed by atoms with Gasteiger partial charge in [-0.25, -0.2) is 13.6 Å². The molecule has 1 heterocycles. The lowest BCUT2D eigenvalue weighted by molar-refractivity contribution is 0.00140. The summed E-state index contributed by atoms with van der Waals surface area (Å²) < 4.78 is 39.0. The van der Waals surface area contributed by atoms with Crippen molar-refractivity contribution in [2.75, 3.05) is 32.7 Å². The summed E-state index contributed by atoms with van der Waals surface area (Å²) in [5.74, 6) is -1.53. The molecule has 0 saturated carbocycles. The number of benzene rings is 2. The molecule has 0 aliphatic carbocycles. The Morgan fingerprint density at radius 1 is 1.16 bits per heavy atom. The maximum atomic E-state index is 14.8. The average Bonchev–Trinajstić information content (AvgIpc) is 2.74. The number of hydrogen-bond acceptors (Lipinski definition) is 6. The van der Waals surface area contributed by atoms with E-state index in [0.29, 0.717) is 28.7 Å². The van der Waals surface area contributed by atoms with Crippen LogP contribution in [0.3, 0.4) is 0 Å². The minimum Gasteiger partial charge on any atom is -0.394 e. The number of aryl methyl sites for hydroxylation is 1. The highest BCUT2D eigenvalue weighted by Crippen LogP contribution is 2.41. The lowest BCUT2D eigenvalue weighted by atomic mass is 9.98. The van der Waals surface area contributed by atoms with Gasteiger partial charge in [0.1, 0.15) is 11.6 Å². The van der Waals surface area contributed by atoms with Gasteiger partial charge in [0.25, 0.3) is 5.56 Å². The predicted molar refractivity (Wildman–Crippen MR) is 120 cm³/mol. The van der Waals surface area contributed by atoms with Crippen molar-refractivity contribution in [3.05, 3.63) is 61.3 Å². The van der Waals surface area contributed by atoms with Gasteiger partial charge in [-0.1, -0.05) is 11.6 Å². The molecule has 0 saturated heterocycles. The van der Waals surface area contributed by atoms with Crippen LogP contribution in [0.25, 0.3) is 22.0 Å². The number of hydrogen-bond donors (Lipinski definition) is 3. The molecule has 3 rings (SSSR count). The van der Waals surface area contributed by atoms with E-state index in [0.717, 1.165) is 17.8 Å². The second-order valence-corrected chi connectivity index (χ2v) is 8.39. The standard InChI is InChI=1S/C21H21ClF2N2O5S/c1-10-5-13-18(25-21(29)26-20(13)28)19(32-9-11(8-27)31-4-3-30-2)17(10)12-6-14(22)16(24)7-15(12)23/h5-7,11,27H,3-4,8-9H2,1-2H3,(H2,25,26,28,29)/t11-/m1/s1. The maximum Gasteiger partial charge on any atom is 0.326 e. The number of halogens is 3. The van der Waals surface area contributed by atoms with Crippen LogP contribution in [0.5, 0.6) is 0 Å². The van der Waals surface area contributed by atoms with E-state index in [1.165, 1.54) is 13.2 Å². The first kappa shape index (κ1) is 24.4. The number of aromatic nitrogens is 2. The van der Waals surface area contributed by atoms with Crippen molar-refractivity contribution in [2.24, 2.45) is 0 Å². The summed E-state index contributed by atoms with van der Waals surface area (Å²) in [5, 5.41) is 9.57. The molecule has 0 bridgehead atoms. The molecule has 1 atom stereocenters. The topological polar surface area (TPSA) is 104 Å². The van der Waals surface area contributed by atoms with Gasteiger partial charge in [0, 0.05) is 35.0 Å². The number of H-pyrrole nitrogens is 2. The van der Waals surface area contributed by atoms with Crippen molar-refractivity contribution in [3.63, 3.8) is 0 Å². The molecule has 0 radical (unpaired) electrons. The second kappa shape index (κ2) is 10.6. The molecule has 11 heteroatoms. The predicted octanol–water partition coefficient (Wildman–Crippen LogP) is 3.24. The average molecular weight is 487 g/mol. The first-order valence-corrected chi connectivity index (χ1v) is 10.9. The summed E-state index contributed by atoms with van der Waals surface area (Å²) in [6.45, 7) is 1.96. The summed E-state index contributed by atoms with van der Waals surface area (Å²) in [4.78, 5) is 29.5. The molecule has 0 unspecified atom stereocenters. The molecule has 32 heavy (non-hydrogen) atoms. The normalized spacial score (nSPS) is 12.4. The van der Waals surface area contributed by atoms with Gasteiger partial charge >= 0.3 is 5.69 Å². The number of thioether (sulfide) groups is 1. The fraction of sp³-hybridized carbons (Fsp3) is 0.333. The number of aliphatic hydroxyl groups excluding tert-OH is 1. The largest absolute Gasteiger partial charge is 0.394 e. The highest BCUT2D eigenvalue weighted by Gasteiger charge is 2.22. The summed E-state index contributed by atoms with van der Waals surface area (Å²) in [7, 11) is 1.52. The number of ether oxygens (including phenoxy) is 2. The summed E-state index contributed by atoms with van der Waals surface area (Å²) in [6, 6.07) is 3.35. The van der Waals surface area contributed by atoms with Gasteiger partial charge in [0.15, 0.2) is 0 Å². The van der Waals surface area contributed by atoms with Crippen LogP contribution in [0.1, 0.15) is 5.56 Å². The third-order valence-corrected chi connectivity index (χ3v) is 6.25. The van der Waals surface area contributed by atoms with Gasteiger partial charge in [-0.15, -0.1) is 11.8 Å². The van der Waals surface area contributed by atoms with Crippen LogP contribution in [0.4, 0.5) is 8.78 Å². The van der Waals surface area contributed by atoms with E-state index in [1.54, 1.807) is 6.92 Å². The van der Waals surface area contributed by atoms with E-state index < -0.39 is 29.0 Å². The molecule has 172 valence electrons. The van der Waals surface area contributed by atoms with Crippen LogP contribution >= 0.6 is 23.4 Å². The third kappa shape index (κ3) is 5.21. The Morgan fingerprint density at radius 3 is 2.59 bits per heavy atom. The fourth-order valence-corrected chi connectivity index (χ4v) is 4.67.